The summed E-state index contributed by atoms with van der Waals surface area (Å²) < 4.78 is 0. The average molecular weight is 353 g/mol. The molecule has 1 saturated heterocycles. The second-order valence-corrected chi connectivity index (χ2v) is 7.44. The number of para-hydroxylation sites is 1. The van der Waals surface area contributed by atoms with Crippen LogP contribution in [0, 0.1) is 13.8 Å². The van der Waals surface area contributed by atoms with Crippen LogP contribution in [0.4, 0.5) is 5.69 Å². The van der Waals surface area contributed by atoms with E-state index in [1.54, 1.807) is 0 Å². The van der Waals surface area contributed by atoms with Gasteiger partial charge in [0.05, 0.1) is 26.2 Å². The SMILES string of the molecule is Cc1ccc(CN(C)C(=O)C[NH+]2CCN(c3ccccc3C)CC2)cc1. The van der Waals surface area contributed by atoms with Gasteiger partial charge in [0.1, 0.15) is 0 Å². The molecule has 0 bridgehead atoms. The van der Waals surface area contributed by atoms with Gasteiger partial charge in [0.15, 0.2) is 6.54 Å². The maximum absolute atomic E-state index is 12.6. The lowest BCUT2D eigenvalue weighted by atomic mass is 10.1. The second kappa shape index (κ2) is 8.37. The van der Waals surface area contributed by atoms with E-state index in [2.05, 4.69) is 67.3 Å². The predicted molar refractivity (Wildman–Crippen MR) is 107 cm³/mol. The summed E-state index contributed by atoms with van der Waals surface area (Å²) in [5.74, 6) is 0.227. The van der Waals surface area contributed by atoms with Crippen LogP contribution in [-0.2, 0) is 11.3 Å². The topological polar surface area (TPSA) is 28.0 Å². The minimum absolute atomic E-state index is 0.227. The molecule has 1 aliphatic rings. The maximum atomic E-state index is 12.6. The molecule has 1 N–H and O–H groups in total. The average Bonchev–Trinajstić information content (AvgIpc) is 2.65. The van der Waals surface area contributed by atoms with Crippen LogP contribution in [0.1, 0.15) is 16.7 Å². The lowest BCUT2D eigenvalue weighted by molar-refractivity contribution is -0.892. The normalized spacial score (nSPS) is 15.1. The summed E-state index contributed by atoms with van der Waals surface area (Å²) in [6, 6.07) is 17.0. The fraction of sp³-hybridized carbons (Fsp3) is 0.409. The lowest BCUT2D eigenvalue weighted by Crippen LogP contribution is -3.15. The Kier molecular flexibility index (Phi) is 5.94. The lowest BCUT2D eigenvalue weighted by Gasteiger charge is -2.34. The highest BCUT2D eigenvalue weighted by atomic mass is 16.2. The van der Waals surface area contributed by atoms with E-state index in [1.807, 2.05) is 11.9 Å². The number of likely N-dealkylation sites (N-methyl/N-ethyl adjacent to an activating group) is 1. The summed E-state index contributed by atoms with van der Waals surface area (Å²) in [6.45, 7) is 9.56. The van der Waals surface area contributed by atoms with Crippen LogP contribution >= 0.6 is 0 Å². The predicted octanol–water partition coefficient (Wildman–Crippen LogP) is 1.67. The molecule has 3 rings (SSSR count). The van der Waals surface area contributed by atoms with E-state index < -0.39 is 0 Å². The van der Waals surface area contributed by atoms with Crippen LogP contribution in [0.5, 0.6) is 0 Å². The van der Waals surface area contributed by atoms with Crippen LogP contribution in [-0.4, -0.2) is 50.6 Å². The first-order valence-electron chi connectivity index (χ1n) is 9.46. The Hall–Kier alpha value is -2.33. The van der Waals surface area contributed by atoms with Crippen molar-refractivity contribution in [2.75, 3.05) is 44.7 Å². The summed E-state index contributed by atoms with van der Waals surface area (Å²) >= 11 is 0. The van der Waals surface area contributed by atoms with E-state index >= 15 is 0 Å². The molecule has 1 aliphatic heterocycles. The second-order valence-electron chi connectivity index (χ2n) is 7.44. The molecule has 138 valence electrons. The number of carbonyl (C=O) groups is 1. The van der Waals surface area contributed by atoms with Gasteiger partial charge in [-0.1, -0.05) is 48.0 Å². The van der Waals surface area contributed by atoms with Crippen molar-refractivity contribution in [3.8, 4) is 0 Å². The number of nitrogens with zero attached hydrogens (tertiary/aromatic N) is 2. The molecule has 1 amide bonds. The number of piperazine rings is 1. The molecule has 0 unspecified atom stereocenters. The first-order valence-corrected chi connectivity index (χ1v) is 9.46. The maximum Gasteiger partial charge on any atom is 0.277 e. The molecule has 2 aromatic rings. The minimum atomic E-state index is 0.227. The highest BCUT2D eigenvalue weighted by Gasteiger charge is 2.24. The van der Waals surface area contributed by atoms with Gasteiger partial charge in [-0.15, -0.1) is 0 Å². The van der Waals surface area contributed by atoms with E-state index in [1.165, 1.54) is 27.3 Å². The van der Waals surface area contributed by atoms with Gasteiger partial charge >= 0.3 is 0 Å². The van der Waals surface area contributed by atoms with E-state index in [-0.39, 0.29) is 5.91 Å². The third kappa shape index (κ3) is 4.64. The van der Waals surface area contributed by atoms with Gasteiger partial charge in [-0.3, -0.25) is 4.79 Å². The van der Waals surface area contributed by atoms with Crippen molar-refractivity contribution in [3.05, 3.63) is 65.2 Å². The van der Waals surface area contributed by atoms with Gasteiger partial charge in [-0.25, -0.2) is 0 Å². The summed E-state index contributed by atoms with van der Waals surface area (Å²) in [4.78, 5) is 18.3. The zero-order valence-electron chi connectivity index (χ0n) is 16.2. The molecule has 2 aromatic carbocycles. The number of quaternary nitrogens is 1. The zero-order valence-corrected chi connectivity index (χ0v) is 16.2. The van der Waals surface area contributed by atoms with Crippen molar-refractivity contribution >= 4 is 11.6 Å². The van der Waals surface area contributed by atoms with Crippen molar-refractivity contribution in [1.29, 1.82) is 0 Å². The van der Waals surface area contributed by atoms with Crippen LogP contribution in [0.3, 0.4) is 0 Å². The van der Waals surface area contributed by atoms with Gasteiger partial charge in [0.2, 0.25) is 0 Å². The van der Waals surface area contributed by atoms with Crippen molar-refractivity contribution in [3.63, 3.8) is 0 Å². The number of aryl methyl sites for hydroxylation is 2. The molecule has 0 aliphatic carbocycles. The fourth-order valence-electron chi connectivity index (χ4n) is 3.56. The highest BCUT2D eigenvalue weighted by molar-refractivity contribution is 5.76. The van der Waals surface area contributed by atoms with E-state index in [0.717, 1.165) is 26.2 Å². The molecule has 0 saturated carbocycles. The van der Waals surface area contributed by atoms with E-state index in [9.17, 15) is 4.79 Å². The Bertz CT molecular complexity index is 733. The number of hydrogen-bond acceptors (Lipinski definition) is 2. The number of anilines is 1. The van der Waals surface area contributed by atoms with Gasteiger partial charge < -0.3 is 14.7 Å². The van der Waals surface area contributed by atoms with Gasteiger partial charge in [0, 0.05) is 19.3 Å². The smallest absolute Gasteiger partial charge is 0.277 e. The van der Waals surface area contributed by atoms with E-state index in [0.29, 0.717) is 13.1 Å². The largest absolute Gasteiger partial charge is 0.360 e. The number of rotatable bonds is 5. The Labute approximate surface area is 157 Å². The molecule has 0 radical (unpaired) electrons. The monoisotopic (exact) mass is 352 g/mol. The van der Waals surface area contributed by atoms with E-state index in [4.69, 9.17) is 0 Å². The summed E-state index contributed by atoms with van der Waals surface area (Å²) in [6.07, 6.45) is 0. The number of carbonyl (C=O) groups excluding carboxylic acids is 1. The first-order chi connectivity index (χ1) is 12.5. The molecule has 1 heterocycles. The van der Waals surface area contributed by atoms with Gasteiger partial charge in [-0.05, 0) is 31.0 Å². The Balaban J connectivity index is 1.48. The van der Waals surface area contributed by atoms with Crippen molar-refractivity contribution in [2.45, 2.75) is 20.4 Å². The molecule has 0 aromatic heterocycles. The van der Waals surface area contributed by atoms with Crippen molar-refractivity contribution < 1.29 is 9.69 Å². The number of benzene rings is 2. The summed E-state index contributed by atoms with van der Waals surface area (Å²) in [5.41, 5.74) is 5.09. The first kappa shape index (κ1) is 18.5. The summed E-state index contributed by atoms with van der Waals surface area (Å²) in [7, 11) is 1.91. The quantitative estimate of drug-likeness (QED) is 0.887. The van der Waals surface area contributed by atoms with Crippen molar-refractivity contribution in [2.24, 2.45) is 0 Å². The highest BCUT2D eigenvalue weighted by Crippen LogP contribution is 2.18. The Morgan fingerprint density at radius 2 is 1.69 bits per heavy atom. The molecule has 0 atom stereocenters. The molecule has 4 heteroatoms. The standard InChI is InChI=1S/C22H29N3O/c1-18-8-10-20(11-9-18)16-23(3)22(26)17-24-12-14-25(15-13-24)21-7-5-4-6-19(21)2/h4-11H,12-17H2,1-3H3/p+1. The van der Waals surface area contributed by atoms with Crippen LogP contribution in [0.2, 0.25) is 0 Å². The van der Waals surface area contributed by atoms with Gasteiger partial charge in [-0.2, -0.15) is 0 Å². The van der Waals surface area contributed by atoms with Crippen LogP contribution in [0.25, 0.3) is 0 Å². The number of amides is 1. The third-order valence-corrected chi connectivity index (χ3v) is 5.29. The Morgan fingerprint density at radius 1 is 1.04 bits per heavy atom. The number of hydrogen-bond donors (Lipinski definition) is 1. The molecular formula is C22H30N3O+. The summed E-state index contributed by atoms with van der Waals surface area (Å²) in [5, 5.41) is 0. The fourth-order valence-corrected chi connectivity index (χ4v) is 3.56. The zero-order chi connectivity index (χ0) is 18.5. The molecule has 26 heavy (non-hydrogen) atoms. The molecule has 4 nitrogen and oxygen atoms in total. The number of nitrogens with one attached hydrogen (secondary N) is 1. The van der Waals surface area contributed by atoms with Crippen LogP contribution < -0.4 is 9.80 Å². The molecule has 1 fully saturated rings. The van der Waals surface area contributed by atoms with Crippen molar-refractivity contribution in [1.82, 2.24) is 4.90 Å². The van der Waals surface area contributed by atoms with Crippen LogP contribution in [0.15, 0.2) is 48.5 Å². The minimum Gasteiger partial charge on any atom is -0.360 e. The third-order valence-electron chi connectivity index (χ3n) is 5.29. The van der Waals surface area contributed by atoms with Gasteiger partial charge in [0.25, 0.3) is 5.91 Å². The molecular weight excluding hydrogens is 322 g/mol. The Morgan fingerprint density at radius 3 is 2.35 bits per heavy atom. The molecule has 0 spiro atoms.